The van der Waals surface area contributed by atoms with Gasteiger partial charge in [-0.2, -0.15) is 13.2 Å². The van der Waals surface area contributed by atoms with Crippen LogP contribution >= 0.6 is 0 Å². The summed E-state index contributed by atoms with van der Waals surface area (Å²) in [4.78, 5) is 22.7. The summed E-state index contributed by atoms with van der Waals surface area (Å²) in [6, 6.07) is 3.89. The molecule has 0 aromatic heterocycles. The van der Waals surface area contributed by atoms with E-state index in [2.05, 4.69) is 10.6 Å². The third kappa shape index (κ3) is 3.49. The molecule has 0 aliphatic carbocycles. The third-order valence-electron chi connectivity index (χ3n) is 3.07. The van der Waals surface area contributed by atoms with Crippen LogP contribution in [0.4, 0.5) is 13.2 Å². The van der Waals surface area contributed by atoms with E-state index in [0.717, 1.165) is 24.3 Å². The second-order valence-electron chi connectivity index (χ2n) is 4.59. The number of alkyl halides is 3. The molecule has 1 heterocycles. The Labute approximate surface area is 113 Å². The summed E-state index contributed by atoms with van der Waals surface area (Å²) in [6.07, 6.45) is -3.34. The monoisotopic (exact) mass is 286 g/mol. The highest BCUT2D eigenvalue weighted by atomic mass is 19.4. The van der Waals surface area contributed by atoms with Crippen LogP contribution in [-0.2, 0) is 11.0 Å². The molecule has 2 amide bonds. The molecule has 4 nitrogen and oxygen atoms in total. The van der Waals surface area contributed by atoms with Gasteiger partial charge in [-0.15, -0.1) is 0 Å². The minimum absolute atomic E-state index is 0.0567. The SMILES string of the molecule is O=C1CCC(CNC(=O)c2ccc(C(F)(F)F)cc2)N1. The topological polar surface area (TPSA) is 58.2 Å². The van der Waals surface area contributed by atoms with Gasteiger partial charge in [-0.05, 0) is 30.7 Å². The minimum atomic E-state index is -4.41. The van der Waals surface area contributed by atoms with E-state index in [0.29, 0.717) is 12.8 Å². The number of rotatable bonds is 3. The first-order chi connectivity index (χ1) is 9.36. The smallest absolute Gasteiger partial charge is 0.352 e. The van der Waals surface area contributed by atoms with Gasteiger partial charge in [-0.1, -0.05) is 0 Å². The molecular formula is C13H13F3N2O2. The van der Waals surface area contributed by atoms with E-state index in [1.807, 2.05) is 0 Å². The molecule has 0 saturated carbocycles. The summed E-state index contributed by atoms with van der Waals surface area (Å²) in [5.41, 5.74) is -0.639. The summed E-state index contributed by atoms with van der Waals surface area (Å²) in [6.45, 7) is 0.269. The number of hydrogen-bond donors (Lipinski definition) is 2. The molecule has 2 N–H and O–H groups in total. The van der Waals surface area contributed by atoms with Crippen LogP contribution in [0.2, 0.25) is 0 Å². The van der Waals surface area contributed by atoms with Crippen molar-refractivity contribution in [1.82, 2.24) is 10.6 Å². The van der Waals surface area contributed by atoms with Crippen molar-refractivity contribution in [2.45, 2.75) is 25.1 Å². The van der Waals surface area contributed by atoms with Crippen LogP contribution in [0.5, 0.6) is 0 Å². The van der Waals surface area contributed by atoms with Crippen molar-refractivity contribution < 1.29 is 22.8 Å². The van der Waals surface area contributed by atoms with Gasteiger partial charge in [-0.25, -0.2) is 0 Å². The lowest BCUT2D eigenvalue weighted by atomic mass is 10.1. The zero-order valence-corrected chi connectivity index (χ0v) is 10.5. The standard InChI is InChI=1S/C13H13F3N2O2/c14-13(15,16)9-3-1-8(2-4-9)12(20)17-7-10-5-6-11(19)18-10/h1-4,10H,5-7H2,(H,17,20)(H,18,19). The maximum Gasteiger partial charge on any atom is 0.416 e. The van der Waals surface area contributed by atoms with Crippen molar-refractivity contribution in [2.75, 3.05) is 6.54 Å². The van der Waals surface area contributed by atoms with E-state index in [9.17, 15) is 22.8 Å². The average Bonchev–Trinajstić information content (AvgIpc) is 2.81. The number of halogens is 3. The fourth-order valence-electron chi connectivity index (χ4n) is 1.96. The molecule has 7 heteroatoms. The van der Waals surface area contributed by atoms with E-state index < -0.39 is 17.6 Å². The van der Waals surface area contributed by atoms with Crippen LogP contribution in [0.3, 0.4) is 0 Å². The number of carbonyl (C=O) groups is 2. The molecule has 1 aromatic carbocycles. The van der Waals surface area contributed by atoms with Gasteiger partial charge < -0.3 is 10.6 Å². The van der Waals surface area contributed by atoms with E-state index >= 15 is 0 Å². The highest BCUT2D eigenvalue weighted by Crippen LogP contribution is 2.29. The van der Waals surface area contributed by atoms with Crippen molar-refractivity contribution in [3.05, 3.63) is 35.4 Å². The minimum Gasteiger partial charge on any atom is -0.352 e. The normalized spacial score (nSPS) is 18.8. The molecule has 2 rings (SSSR count). The fraction of sp³-hybridized carbons (Fsp3) is 0.385. The number of nitrogens with one attached hydrogen (secondary N) is 2. The van der Waals surface area contributed by atoms with Gasteiger partial charge in [0.15, 0.2) is 0 Å². The summed E-state index contributed by atoms with van der Waals surface area (Å²) in [5.74, 6) is -0.515. The fourth-order valence-corrected chi connectivity index (χ4v) is 1.96. The van der Waals surface area contributed by atoms with Gasteiger partial charge in [0, 0.05) is 24.6 Å². The van der Waals surface area contributed by atoms with Crippen LogP contribution in [0.25, 0.3) is 0 Å². The largest absolute Gasteiger partial charge is 0.416 e. The number of benzene rings is 1. The molecule has 1 aliphatic rings. The van der Waals surface area contributed by atoms with Crippen molar-refractivity contribution in [2.24, 2.45) is 0 Å². The van der Waals surface area contributed by atoms with Crippen molar-refractivity contribution in [1.29, 1.82) is 0 Å². The molecular weight excluding hydrogens is 273 g/mol. The van der Waals surface area contributed by atoms with Gasteiger partial charge in [0.2, 0.25) is 5.91 Å². The Bertz CT molecular complexity index is 511. The highest BCUT2D eigenvalue weighted by Gasteiger charge is 2.30. The molecule has 1 unspecified atom stereocenters. The van der Waals surface area contributed by atoms with Crippen LogP contribution in [-0.4, -0.2) is 24.4 Å². The Morgan fingerprint density at radius 1 is 1.30 bits per heavy atom. The Morgan fingerprint density at radius 3 is 2.45 bits per heavy atom. The molecule has 0 spiro atoms. The zero-order valence-electron chi connectivity index (χ0n) is 10.5. The van der Waals surface area contributed by atoms with Crippen molar-refractivity contribution in [3.63, 3.8) is 0 Å². The Morgan fingerprint density at radius 2 is 1.95 bits per heavy atom. The molecule has 1 atom stereocenters. The third-order valence-corrected chi connectivity index (χ3v) is 3.07. The first-order valence-electron chi connectivity index (χ1n) is 6.11. The van der Waals surface area contributed by atoms with Gasteiger partial charge in [0.05, 0.1) is 5.56 Å². The Hall–Kier alpha value is -2.05. The summed E-state index contributed by atoms with van der Waals surface area (Å²) >= 11 is 0. The van der Waals surface area contributed by atoms with Crippen LogP contribution < -0.4 is 10.6 Å². The molecule has 0 bridgehead atoms. The lowest BCUT2D eigenvalue weighted by Crippen LogP contribution is -2.38. The molecule has 1 aromatic rings. The quantitative estimate of drug-likeness (QED) is 0.888. The van der Waals surface area contributed by atoms with Gasteiger partial charge >= 0.3 is 6.18 Å². The second-order valence-corrected chi connectivity index (χ2v) is 4.59. The average molecular weight is 286 g/mol. The van der Waals surface area contributed by atoms with E-state index in [-0.39, 0.29) is 24.1 Å². The Kier molecular flexibility index (Phi) is 3.96. The molecule has 20 heavy (non-hydrogen) atoms. The predicted octanol–water partition coefficient (Wildman–Crippen LogP) is 1.71. The molecule has 1 aliphatic heterocycles. The lowest BCUT2D eigenvalue weighted by molar-refractivity contribution is -0.137. The predicted molar refractivity (Wildman–Crippen MR) is 64.9 cm³/mol. The van der Waals surface area contributed by atoms with Gasteiger partial charge in [0.25, 0.3) is 5.91 Å². The van der Waals surface area contributed by atoms with Crippen molar-refractivity contribution >= 4 is 11.8 Å². The summed E-state index contributed by atoms with van der Waals surface area (Å²) < 4.78 is 37.1. The van der Waals surface area contributed by atoms with Crippen LogP contribution in [0.15, 0.2) is 24.3 Å². The number of amides is 2. The van der Waals surface area contributed by atoms with Crippen LogP contribution in [0.1, 0.15) is 28.8 Å². The first kappa shape index (κ1) is 14.4. The van der Waals surface area contributed by atoms with Gasteiger partial charge in [-0.3, -0.25) is 9.59 Å². The Balaban J connectivity index is 1.91. The number of hydrogen-bond acceptors (Lipinski definition) is 2. The summed E-state index contributed by atoms with van der Waals surface area (Å²) in [5, 5.41) is 5.27. The molecule has 1 fully saturated rings. The number of carbonyl (C=O) groups excluding carboxylic acids is 2. The molecule has 108 valence electrons. The molecule has 0 radical (unpaired) electrons. The van der Waals surface area contributed by atoms with Gasteiger partial charge in [0.1, 0.15) is 0 Å². The van der Waals surface area contributed by atoms with Crippen LogP contribution in [0, 0.1) is 0 Å². The highest BCUT2D eigenvalue weighted by molar-refractivity contribution is 5.94. The van der Waals surface area contributed by atoms with E-state index in [4.69, 9.17) is 0 Å². The summed E-state index contributed by atoms with van der Waals surface area (Å²) in [7, 11) is 0. The van der Waals surface area contributed by atoms with E-state index in [1.54, 1.807) is 0 Å². The maximum absolute atomic E-state index is 12.4. The first-order valence-corrected chi connectivity index (χ1v) is 6.11. The zero-order chi connectivity index (χ0) is 14.8. The maximum atomic E-state index is 12.4. The van der Waals surface area contributed by atoms with E-state index in [1.165, 1.54) is 0 Å². The van der Waals surface area contributed by atoms with Crippen molar-refractivity contribution in [3.8, 4) is 0 Å². The lowest BCUT2D eigenvalue weighted by Gasteiger charge is -2.12. The second kappa shape index (κ2) is 5.52. The molecule has 1 saturated heterocycles.